The molecule has 2 rings (SSSR count). The number of nitrogens with two attached hydrogens (primary N) is 1. The van der Waals surface area contributed by atoms with Crippen LogP contribution in [0.4, 0.5) is 17.5 Å². The predicted octanol–water partition coefficient (Wildman–Crippen LogP) is -1.52. The maximum atomic E-state index is 11.7. The number of anilines is 3. The molecule has 0 radical (unpaired) electrons. The first-order chi connectivity index (χ1) is 7.65. The van der Waals surface area contributed by atoms with Crippen molar-refractivity contribution in [3.05, 3.63) is 10.4 Å². The van der Waals surface area contributed by atoms with Crippen molar-refractivity contribution in [2.24, 2.45) is 7.05 Å². The minimum Gasteiger partial charge on any atom is -0.394 e. The third kappa shape index (κ3) is 1.57. The van der Waals surface area contributed by atoms with E-state index in [0.29, 0.717) is 18.2 Å². The fraction of sp³-hybridized carbons (Fsp3) is 0.500. The highest BCUT2D eigenvalue weighted by molar-refractivity contribution is 5.69. The molecule has 1 aromatic heterocycles. The molecule has 0 atom stereocenters. The molecule has 0 unspecified atom stereocenters. The average Bonchev–Trinajstić information content (AvgIpc) is 2.66. The summed E-state index contributed by atoms with van der Waals surface area (Å²) in [5, 5.41) is 12.9. The van der Waals surface area contributed by atoms with Gasteiger partial charge in [0.25, 0.3) is 5.56 Å². The van der Waals surface area contributed by atoms with Crippen molar-refractivity contribution >= 4 is 17.5 Å². The van der Waals surface area contributed by atoms with Crippen LogP contribution >= 0.6 is 0 Å². The fourth-order valence-electron chi connectivity index (χ4n) is 1.43. The molecule has 8 nitrogen and oxygen atoms in total. The molecule has 0 bridgehead atoms. The van der Waals surface area contributed by atoms with Gasteiger partial charge in [0.2, 0.25) is 5.95 Å². The molecule has 88 valence electrons. The first kappa shape index (κ1) is 10.7. The Morgan fingerprint density at radius 1 is 1.69 bits per heavy atom. The number of nitrogen functional groups attached to an aromatic ring is 1. The van der Waals surface area contributed by atoms with Crippen LogP contribution in [0, 0.1) is 0 Å². The Balaban J connectivity index is 2.37. The first-order valence-corrected chi connectivity index (χ1v) is 4.77. The van der Waals surface area contributed by atoms with Crippen LogP contribution in [0.1, 0.15) is 0 Å². The van der Waals surface area contributed by atoms with Gasteiger partial charge in [0.05, 0.1) is 13.2 Å². The van der Waals surface area contributed by atoms with Crippen LogP contribution < -0.4 is 21.7 Å². The van der Waals surface area contributed by atoms with Gasteiger partial charge in [0, 0.05) is 7.05 Å². The molecule has 16 heavy (non-hydrogen) atoms. The number of nitrogens with one attached hydrogen (secondary N) is 1. The summed E-state index contributed by atoms with van der Waals surface area (Å²) in [6.07, 6.45) is 0. The number of aliphatic hydroxyl groups excluding tert-OH is 1. The minimum atomic E-state index is -0.252. The zero-order chi connectivity index (χ0) is 11.7. The second-order valence-electron chi connectivity index (χ2n) is 3.30. The zero-order valence-corrected chi connectivity index (χ0v) is 8.80. The van der Waals surface area contributed by atoms with Gasteiger partial charge in [0.15, 0.2) is 5.82 Å². The van der Waals surface area contributed by atoms with Crippen LogP contribution in [0.5, 0.6) is 0 Å². The minimum absolute atomic E-state index is 0.105. The molecular weight excluding hydrogens is 214 g/mol. The van der Waals surface area contributed by atoms with Crippen molar-refractivity contribution in [2.45, 2.75) is 0 Å². The zero-order valence-electron chi connectivity index (χ0n) is 8.80. The molecule has 0 saturated carbocycles. The number of rotatable bonds is 3. The van der Waals surface area contributed by atoms with Crippen molar-refractivity contribution < 1.29 is 9.94 Å². The van der Waals surface area contributed by atoms with E-state index in [1.807, 2.05) is 0 Å². The van der Waals surface area contributed by atoms with Crippen LogP contribution in [-0.4, -0.2) is 34.5 Å². The number of hydrogen-bond acceptors (Lipinski definition) is 7. The molecule has 2 heterocycles. The first-order valence-electron chi connectivity index (χ1n) is 4.77. The standard InChI is InChI=1S/C8H13N5O3/c1-12-7(15)5-6(11-8(12)9)13(4-10-5)16-3-2-14/h10,14H,2-4H2,1H3,(H2,9,11). The summed E-state index contributed by atoms with van der Waals surface area (Å²) in [6.45, 7) is 0.338. The number of hydrogen-bond donors (Lipinski definition) is 3. The second kappa shape index (κ2) is 3.99. The Morgan fingerprint density at radius 3 is 3.12 bits per heavy atom. The number of aliphatic hydroxyl groups is 1. The van der Waals surface area contributed by atoms with Gasteiger partial charge >= 0.3 is 0 Å². The lowest BCUT2D eigenvalue weighted by Crippen LogP contribution is -2.26. The summed E-state index contributed by atoms with van der Waals surface area (Å²) in [7, 11) is 1.55. The van der Waals surface area contributed by atoms with E-state index in [9.17, 15) is 4.79 Å². The van der Waals surface area contributed by atoms with Crippen LogP contribution in [0.2, 0.25) is 0 Å². The van der Waals surface area contributed by atoms with Gasteiger partial charge in [-0.3, -0.25) is 14.2 Å². The highest BCUT2D eigenvalue weighted by atomic mass is 16.7. The molecule has 0 amide bonds. The SMILES string of the molecule is Cn1c(N)nc2c(c1=O)NCN2OCCO. The highest BCUT2D eigenvalue weighted by Crippen LogP contribution is 2.25. The molecule has 0 fully saturated rings. The maximum absolute atomic E-state index is 11.7. The van der Waals surface area contributed by atoms with Gasteiger partial charge in [-0.2, -0.15) is 4.98 Å². The number of hydroxylamine groups is 1. The summed E-state index contributed by atoms with van der Waals surface area (Å²) in [4.78, 5) is 21.0. The Bertz CT molecular complexity index is 458. The molecular formula is C8H13N5O3. The Labute approximate surface area is 91.2 Å². The van der Waals surface area contributed by atoms with Crippen molar-refractivity contribution in [3.63, 3.8) is 0 Å². The number of fused-ring (bicyclic) bond motifs is 1. The number of aromatic nitrogens is 2. The van der Waals surface area contributed by atoms with Gasteiger partial charge in [-0.15, -0.1) is 0 Å². The molecule has 8 heteroatoms. The molecule has 1 aliphatic rings. The van der Waals surface area contributed by atoms with E-state index >= 15 is 0 Å². The third-order valence-corrected chi connectivity index (χ3v) is 2.28. The van der Waals surface area contributed by atoms with Crippen molar-refractivity contribution in [2.75, 3.05) is 36.0 Å². The smallest absolute Gasteiger partial charge is 0.280 e. The van der Waals surface area contributed by atoms with Crippen LogP contribution in [-0.2, 0) is 11.9 Å². The molecule has 4 N–H and O–H groups in total. The van der Waals surface area contributed by atoms with Crippen molar-refractivity contribution in [1.29, 1.82) is 0 Å². The quantitative estimate of drug-likeness (QED) is 0.575. The lowest BCUT2D eigenvalue weighted by atomic mass is 10.5. The van der Waals surface area contributed by atoms with Crippen LogP contribution in [0.3, 0.4) is 0 Å². The van der Waals surface area contributed by atoms with E-state index in [1.54, 1.807) is 7.05 Å². The summed E-state index contributed by atoms with van der Waals surface area (Å²) >= 11 is 0. The largest absolute Gasteiger partial charge is 0.394 e. The van der Waals surface area contributed by atoms with Crippen molar-refractivity contribution in [1.82, 2.24) is 9.55 Å². The Hall–Kier alpha value is -1.80. The molecule has 0 aliphatic carbocycles. The van der Waals surface area contributed by atoms with Gasteiger partial charge in [-0.1, -0.05) is 0 Å². The topological polar surface area (TPSA) is 106 Å². The molecule has 1 aliphatic heterocycles. The maximum Gasteiger partial charge on any atom is 0.280 e. The Morgan fingerprint density at radius 2 is 2.44 bits per heavy atom. The van der Waals surface area contributed by atoms with Gasteiger partial charge < -0.3 is 16.2 Å². The molecule has 0 aromatic carbocycles. The van der Waals surface area contributed by atoms with Gasteiger partial charge in [0.1, 0.15) is 12.4 Å². The summed E-state index contributed by atoms with van der Waals surface area (Å²) in [6, 6.07) is 0. The van der Waals surface area contributed by atoms with E-state index in [2.05, 4.69) is 10.3 Å². The van der Waals surface area contributed by atoms with Crippen LogP contribution in [0.15, 0.2) is 4.79 Å². The van der Waals surface area contributed by atoms with Gasteiger partial charge in [-0.05, 0) is 0 Å². The number of nitrogens with zero attached hydrogens (tertiary/aromatic N) is 3. The van der Waals surface area contributed by atoms with Crippen LogP contribution in [0.25, 0.3) is 0 Å². The van der Waals surface area contributed by atoms with Gasteiger partial charge in [-0.25, -0.2) is 5.06 Å². The fourth-order valence-corrected chi connectivity index (χ4v) is 1.43. The lowest BCUT2D eigenvalue weighted by molar-refractivity contribution is 0.0768. The second-order valence-corrected chi connectivity index (χ2v) is 3.30. The average molecular weight is 227 g/mol. The van der Waals surface area contributed by atoms with E-state index in [-0.39, 0.29) is 24.7 Å². The Kier molecular flexibility index (Phi) is 2.67. The molecule has 1 aromatic rings. The normalized spacial score (nSPS) is 13.8. The molecule has 0 spiro atoms. The summed E-state index contributed by atoms with van der Waals surface area (Å²) in [5.41, 5.74) is 5.68. The van der Waals surface area contributed by atoms with E-state index < -0.39 is 0 Å². The van der Waals surface area contributed by atoms with E-state index in [4.69, 9.17) is 15.7 Å². The van der Waals surface area contributed by atoms with E-state index in [0.717, 1.165) is 0 Å². The monoisotopic (exact) mass is 227 g/mol. The summed E-state index contributed by atoms with van der Waals surface area (Å²) in [5.74, 6) is 0.471. The summed E-state index contributed by atoms with van der Waals surface area (Å²) < 4.78 is 1.25. The third-order valence-electron chi connectivity index (χ3n) is 2.28. The van der Waals surface area contributed by atoms with Crippen molar-refractivity contribution in [3.8, 4) is 0 Å². The van der Waals surface area contributed by atoms with E-state index in [1.165, 1.54) is 9.63 Å². The lowest BCUT2D eigenvalue weighted by Gasteiger charge is -2.15. The molecule has 0 saturated heterocycles. The predicted molar refractivity (Wildman–Crippen MR) is 57.9 cm³/mol. The highest BCUT2D eigenvalue weighted by Gasteiger charge is 2.25.